The molecule has 0 saturated carbocycles. The summed E-state index contributed by atoms with van der Waals surface area (Å²) in [5, 5.41) is 3.29. The van der Waals surface area contributed by atoms with E-state index >= 15 is 0 Å². The van der Waals surface area contributed by atoms with Crippen molar-refractivity contribution in [2.24, 2.45) is 11.7 Å². The maximum Gasteiger partial charge on any atom is 0.235 e. The molecule has 1 atom stereocenters. The number of ether oxygens (including phenoxy) is 1. The Morgan fingerprint density at radius 1 is 1.31 bits per heavy atom. The van der Waals surface area contributed by atoms with Gasteiger partial charge in [-0.2, -0.15) is 0 Å². The van der Waals surface area contributed by atoms with Crippen LogP contribution < -0.4 is 11.1 Å². The molecule has 0 aromatic rings. The molecule has 2 fully saturated rings. The number of piperazine rings is 1. The molecule has 3 N–H and O–H groups in total. The van der Waals surface area contributed by atoms with Crippen LogP contribution in [-0.4, -0.2) is 56.2 Å². The largest absolute Gasteiger partial charge is 0.381 e. The first-order valence-corrected chi connectivity index (χ1v) is 6.11. The van der Waals surface area contributed by atoms with Crippen molar-refractivity contribution in [3.05, 3.63) is 0 Å². The van der Waals surface area contributed by atoms with Gasteiger partial charge in [0.15, 0.2) is 0 Å². The first-order valence-electron chi connectivity index (χ1n) is 6.11. The minimum absolute atomic E-state index is 0.0917. The van der Waals surface area contributed by atoms with Gasteiger partial charge in [-0.1, -0.05) is 0 Å². The molecule has 2 saturated heterocycles. The molecule has 2 heterocycles. The van der Waals surface area contributed by atoms with E-state index in [0.29, 0.717) is 5.92 Å². The lowest BCUT2D eigenvalue weighted by atomic mass is 9.90. The van der Waals surface area contributed by atoms with E-state index in [1.807, 2.05) is 0 Å². The van der Waals surface area contributed by atoms with Crippen molar-refractivity contribution >= 4 is 5.91 Å². The van der Waals surface area contributed by atoms with Crippen molar-refractivity contribution in [2.45, 2.75) is 18.9 Å². The molecule has 2 aliphatic rings. The van der Waals surface area contributed by atoms with Crippen LogP contribution in [-0.2, 0) is 9.53 Å². The van der Waals surface area contributed by atoms with Crippen LogP contribution in [0.25, 0.3) is 0 Å². The summed E-state index contributed by atoms with van der Waals surface area (Å²) in [7, 11) is 0. The monoisotopic (exact) mass is 227 g/mol. The quantitative estimate of drug-likeness (QED) is 0.660. The maximum absolute atomic E-state index is 11.6. The van der Waals surface area contributed by atoms with E-state index in [1.165, 1.54) is 0 Å². The van der Waals surface area contributed by atoms with E-state index in [1.54, 1.807) is 0 Å². The number of rotatable bonds is 3. The van der Waals surface area contributed by atoms with Gasteiger partial charge in [-0.3, -0.25) is 9.69 Å². The van der Waals surface area contributed by atoms with Crippen LogP contribution in [0.2, 0.25) is 0 Å². The minimum Gasteiger partial charge on any atom is -0.381 e. The number of nitrogens with one attached hydrogen (secondary N) is 1. The second kappa shape index (κ2) is 5.61. The first-order chi connectivity index (χ1) is 7.79. The van der Waals surface area contributed by atoms with Gasteiger partial charge in [0.2, 0.25) is 5.91 Å². The number of nitrogens with two attached hydrogens (primary N) is 1. The Kier molecular flexibility index (Phi) is 4.15. The van der Waals surface area contributed by atoms with Crippen molar-refractivity contribution in [3.63, 3.8) is 0 Å². The normalized spacial score (nSPS) is 26.5. The van der Waals surface area contributed by atoms with Crippen LogP contribution in [0.3, 0.4) is 0 Å². The highest BCUT2D eigenvalue weighted by Crippen LogP contribution is 2.23. The molecule has 92 valence electrons. The van der Waals surface area contributed by atoms with Crippen molar-refractivity contribution in [3.8, 4) is 0 Å². The lowest BCUT2D eigenvalue weighted by Crippen LogP contribution is -2.56. The van der Waals surface area contributed by atoms with Crippen LogP contribution in [0.4, 0.5) is 0 Å². The third-order valence-corrected chi connectivity index (χ3v) is 3.55. The summed E-state index contributed by atoms with van der Waals surface area (Å²) in [6.45, 7) is 5.27. The zero-order valence-electron chi connectivity index (χ0n) is 9.65. The topological polar surface area (TPSA) is 67.6 Å². The number of hydrogen-bond donors (Lipinski definition) is 2. The van der Waals surface area contributed by atoms with Gasteiger partial charge in [-0.05, 0) is 18.8 Å². The van der Waals surface area contributed by atoms with Crippen molar-refractivity contribution in [2.75, 3.05) is 39.4 Å². The van der Waals surface area contributed by atoms with Crippen molar-refractivity contribution in [1.29, 1.82) is 0 Å². The van der Waals surface area contributed by atoms with Crippen molar-refractivity contribution in [1.82, 2.24) is 10.2 Å². The lowest BCUT2D eigenvalue weighted by Gasteiger charge is -2.38. The Bertz CT molecular complexity index is 217. The number of primary amides is 1. The molecule has 0 aromatic heterocycles. The van der Waals surface area contributed by atoms with Gasteiger partial charge in [0.05, 0.1) is 6.04 Å². The van der Waals surface area contributed by atoms with Gasteiger partial charge >= 0.3 is 0 Å². The van der Waals surface area contributed by atoms with Gasteiger partial charge in [-0.15, -0.1) is 0 Å². The number of hydrogen-bond acceptors (Lipinski definition) is 4. The Balaban J connectivity index is 1.99. The highest BCUT2D eigenvalue weighted by Gasteiger charge is 2.33. The molecule has 2 rings (SSSR count). The summed E-state index contributed by atoms with van der Waals surface area (Å²) in [6, 6.07) is -0.0917. The number of amides is 1. The van der Waals surface area contributed by atoms with E-state index in [4.69, 9.17) is 10.5 Å². The second-order valence-corrected chi connectivity index (χ2v) is 4.58. The van der Waals surface area contributed by atoms with E-state index in [9.17, 15) is 4.79 Å². The third kappa shape index (κ3) is 2.72. The van der Waals surface area contributed by atoms with Crippen LogP contribution in [0, 0.1) is 5.92 Å². The molecular weight excluding hydrogens is 206 g/mol. The zero-order chi connectivity index (χ0) is 11.4. The van der Waals surface area contributed by atoms with E-state index in [2.05, 4.69) is 10.2 Å². The molecule has 0 radical (unpaired) electrons. The molecule has 2 aliphatic heterocycles. The zero-order valence-corrected chi connectivity index (χ0v) is 9.65. The predicted molar refractivity (Wildman–Crippen MR) is 61.0 cm³/mol. The van der Waals surface area contributed by atoms with Crippen LogP contribution in [0.15, 0.2) is 0 Å². The molecule has 0 aromatic carbocycles. The summed E-state index contributed by atoms with van der Waals surface area (Å²) in [4.78, 5) is 13.8. The summed E-state index contributed by atoms with van der Waals surface area (Å²) in [5.41, 5.74) is 5.56. The smallest absolute Gasteiger partial charge is 0.235 e. The summed E-state index contributed by atoms with van der Waals surface area (Å²) >= 11 is 0. The van der Waals surface area contributed by atoms with E-state index in [0.717, 1.165) is 52.2 Å². The lowest BCUT2D eigenvalue weighted by molar-refractivity contribution is -0.127. The molecule has 1 amide bonds. The molecule has 0 spiro atoms. The van der Waals surface area contributed by atoms with Gasteiger partial charge in [0, 0.05) is 39.4 Å². The maximum atomic E-state index is 11.6. The fraction of sp³-hybridized carbons (Fsp3) is 0.909. The molecule has 5 heteroatoms. The minimum atomic E-state index is -0.172. The van der Waals surface area contributed by atoms with Gasteiger partial charge in [-0.25, -0.2) is 0 Å². The van der Waals surface area contributed by atoms with E-state index in [-0.39, 0.29) is 11.9 Å². The van der Waals surface area contributed by atoms with Gasteiger partial charge in [0.1, 0.15) is 0 Å². The van der Waals surface area contributed by atoms with Crippen LogP contribution in [0.5, 0.6) is 0 Å². The Hall–Kier alpha value is -0.650. The summed E-state index contributed by atoms with van der Waals surface area (Å²) in [5.74, 6) is 0.207. The van der Waals surface area contributed by atoms with Crippen LogP contribution in [0.1, 0.15) is 12.8 Å². The SMILES string of the molecule is NC(=O)C(C1CCOCC1)N1CCNCC1. The molecule has 5 nitrogen and oxygen atoms in total. The number of nitrogens with zero attached hydrogens (tertiary/aromatic N) is 1. The average Bonchev–Trinajstić information content (AvgIpc) is 2.31. The molecular formula is C11H21N3O2. The number of carbonyl (C=O) groups is 1. The Morgan fingerprint density at radius 3 is 2.50 bits per heavy atom. The van der Waals surface area contributed by atoms with Crippen molar-refractivity contribution < 1.29 is 9.53 Å². The average molecular weight is 227 g/mol. The molecule has 0 aliphatic carbocycles. The molecule has 16 heavy (non-hydrogen) atoms. The summed E-state index contributed by atoms with van der Waals surface area (Å²) in [6.07, 6.45) is 1.91. The Labute approximate surface area is 96.3 Å². The third-order valence-electron chi connectivity index (χ3n) is 3.55. The molecule has 1 unspecified atom stereocenters. The van der Waals surface area contributed by atoms with Gasteiger partial charge in [0.25, 0.3) is 0 Å². The molecule has 0 bridgehead atoms. The highest BCUT2D eigenvalue weighted by molar-refractivity contribution is 5.80. The Morgan fingerprint density at radius 2 is 1.94 bits per heavy atom. The van der Waals surface area contributed by atoms with Gasteiger partial charge < -0.3 is 15.8 Å². The van der Waals surface area contributed by atoms with E-state index < -0.39 is 0 Å². The standard InChI is InChI=1S/C11H21N3O2/c12-11(15)10(9-1-7-16-8-2-9)14-5-3-13-4-6-14/h9-10,13H,1-8H2,(H2,12,15). The summed E-state index contributed by atoms with van der Waals surface area (Å²) < 4.78 is 5.33. The predicted octanol–water partition coefficient (Wildman–Crippen LogP) is -0.828. The first kappa shape index (κ1) is 11.8. The van der Waals surface area contributed by atoms with Crippen LogP contribution >= 0.6 is 0 Å². The highest BCUT2D eigenvalue weighted by atomic mass is 16.5. The fourth-order valence-electron chi connectivity index (χ4n) is 2.70. The second-order valence-electron chi connectivity index (χ2n) is 4.58. The number of carbonyl (C=O) groups excluding carboxylic acids is 1. The fourth-order valence-corrected chi connectivity index (χ4v) is 2.70.